The van der Waals surface area contributed by atoms with Crippen LogP contribution in [-0.4, -0.2) is 10.1 Å². The Morgan fingerprint density at radius 1 is 1.47 bits per heavy atom. The molecule has 0 aliphatic rings. The van der Waals surface area contributed by atoms with Gasteiger partial charge in [-0.3, -0.25) is 0 Å². The van der Waals surface area contributed by atoms with E-state index in [0.717, 1.165) is 0 Å². The van der Waals surface area contributed by atoms with Crippen molar-refractivity contribution in [1.82, 2.24) is 10.1 Å². The largest absolute Gasteiger partial charge is 0.338 e. The van der Waals surface area contributed by atoms with Gasteiger partial charge in [-0.15, -0.1) is 23.7 Å². The van der Waals surface area contributed by atoms with Crippen molar-refractivity contribution in [1.29, 1.82) is 0 Å². The second-order valence-electron chi connectivity index (χ2n) is 4.07. The SMILES string of the molecule is CC(C)C(N)c1nc(Cc2cccs2)no1.Cl. The van der Waals surface area contributed by atoms with Gasteiger partial charge in [-0.2, -0.15) is 4.98 Å². The zero-order chi connectivity index (χ0) is 11.5. The average molecular weight is 274 g/mol. The van der Waals surface area contributed by atoms with Gasteiger partial charge < -0.3 is 10.3 Å². The van der Waals surface area contributed by atoms with E-state index in [-0.39, 0.29) is 18.4 Å². The first kappa shape index (κ1) is 14.2. The smallest absolute Gasteiger partial charge is 0.243 e. The number of thiophene rings is 1. The lowest BCUT2D eigenvalue weighted by molar-refractivity contribution is 0.322. The molecule has 94 valence electrons. The molecule has 2 aromatic rings. The topological polar surface area (TPSA) is 64.9 Å². The summed E-state index contributed by atoms with van der Waals surface area (Å²) in [5.74, 6) is 1.53. The van der Waals surface area contributed by atoms with Crippen LogP contribution >= 0.6 is 23.7 Å². The van der Waals surface area contributed by atoms with Crippen LogP contribution in [0.4, 0.5) is 0 Å². The van der Waals surface area contributed by atoms with E-state index in [9.17, 15) is 0 Å². The van der Waals surface area contributed by atoms with E-state index in [1.54, 1.807) is 11.3 Å². The highest BCUT2D eigenvalue weighted by molar-refractivity contribution is 7.09. The summed E-state index contributed by atoms with van der Waals surface area (Å²) in [6, 6.07) is 3.90. The van der Waals surface area contributed by atoms with Gasteiger partial charge in [0.25, 0.3) is 0 Å². The molecule has 0 saturated heterocycles. The van der Waals surface area contributed by atoms with Gasteiger partial charge in [0.05, 0.1) is 6.04 Å². The minimum Gasteiger partial charge on any atom is -0.338 e. The number of halogens is 1. The zero-order valence-corrected chi connectivity index (χ0v) is 11.4. The number of hydrogen-bond acceptors (Lipinski definition) is 5. The number of hydrogen-bond donors (Lipinski definition) is 1. The van der Waals surface area contributed by atoms with E-state index in [1.165, 1.54) is 4.88 Å². The standard InChI is InChI=1S/C11H15N3OS.ClH/c1-7(2)10(12)11-13-9(14-15-11)6-8-4-3-5-16-8;/h3-5,7,10H,6,12H2,1-2H3;1H. The number of nitrogens with zero attached hydrogens (tertiary/aromatic N) is 2. The minimum atomic E-state index is -0.176. The maximum atomic E-state index is 5.93. The predicted octanol–water partition coefficient (Wildman–Crippen LogP) is 2.80. The third-order valence-corrected chi connectivity index (χ3v) is 3.28. The van der Waals surface area contributed by atoms with Gasteiger partial charge in [-0.1, -0.05) is 25.1 Å². The van der Waals surface area contributed by atoms with E-state index < -0.39 is 0 Å². The van der Waals surface area contributed by atoms with Gasteiger partial charge in [0.2, 0.25) is 5.89 Å². The first-order chi connectivity index (χ1) is 7.66. The first-order valence-electron chi connectivity index (χ1n) is 5.27. The molecule has 0 bridgehead atoms. The van der Waals surface area contributed by atoms with Crippen molar-refractivity contribution in [3.05, 3.63) is 34.1 Å². The van der Waals surface area contributed by atoms with Gasteiger partial charge in [-0.05, 0) is 17.4 Å². The van der Waals surface area contributed by atoms with Gasteiger partial charge >= 0.3 is 0 Å². The summed E-state index contributed by atoms with van der Waals surface area (Å²) >= 11 is 1.69. The lowest BCUT2D eigenvalue weighted by Gasteiger charge is -2.09. The number of rotatable bonds is 4. The van der Waals surface area contributed by atoms with Crippen molar-refractivity contribution in [2.24, 2.45) is 11.7 Å². The Bertz CT molecular complexity index is 441. The summed E-state index contributed by atoms with van der Waals surface area (Å²) in [4.78, 5) is 5.54. The maximum Gasteiger partial charge on any atom is 0.243 e. The van der Waals surface area contributed by atoms with Crippen molar-refractivity contribution >= 4 is 23.7 Å². The van der Waals surface area contributed by atoms with Crippen LogP contribution in [0.3, 0.4) is 0 Å². The Hall–Kier alpha value is -0.910. The molecule has 17 heavy (non-hydrogen) atoms. The van der Waals surface area contributed by atoms with Gasteiger partial charge in [0.15, 0.2) is 5.82 Å². The Morgan fingerprint density at radius 3 is 2.82 bits per heavy atom. The summed E-state index contributed by atoms with van der Waals surface area (Å²) in [6.07, 6.45) is 0.714. The molecule has 0 aliphatic carbocycles. The molecule has 2 heterocycles. The molecule has 0 aromatic carbocycles. The predicted molar refractivity (Wildman–Crippen MR) is 70.4 cm³/mol. The summed E-state index contributed by atoms with van der Waals surface area (Å²) in [6.45, 7) is 4.07. The Labute approximate surface area is 111 Å². The van der Waals surface area contributed by atoms with Crippen LogP contribution in [0.5, 0.6) is 0 Å². The molecular formula is C11H16ClN3OS. The van der Waals surface area contributed by atoms with Crippen LogP contribution in [0.1, 0.15) is 36.5 Å². The van der Waals surface area contributed by atoms with Crippen LogP contribution in [0.2, 0.25) is 0 Å². The van der Waals surface area contributed by atoms with E-state index in [1.807, 2.05) is 25.3 Å². The van der Waals surface area contributed by atoms with E-state index in [4.69, 9.17) is 10.3 Å². The number of nitrogens with two attached hydrogens (primary N) is 1. The molecule has 1 unspecified atom stereocenters. The fourth-order valence-electron chi connectivity index (χ4n) is 1.33. The normalized spacial score (nSPS) is 12.5. The van der Waals surface area contributed by atoms with E-state index in [0.29, 0.717) is 24.1 Å². The molecule has 0 saturated carbocycles. The summed E-state index contributed by atoms with van der Waals surface area (Å²) in [5.41, 5.74) is 5.93. The fourth-order valence-corrected chi connectivity index (χ4v) is 2.03. The van der Waals surface area contributed by atoms with Crippen molar-refractivity contribution in [2.75, 3.05) is 0 Å². The zero-order valence-electron chi connectivity index (χ0n) is 9.79. The molecule has 0 radical (unpaired) electrons. The first-order valence-corrected chi connectivity index (χ1v) is 6.15. The fraction of sp³-hybridized carbons (Fsp3) is 0.455. The summed E-state index contributed by atoms with van der Waals surface area (Å²) in [5, 5.41) is 5.97. The van der Waals surface area contributed by atoms with Gasteiger partial charge in [0.1, 0.15) is 0 Å². The van der Waals surface area contributed by atoms with E-state index in [2.05, 4.69) is 16.2 Å². The third-order valence-electron chi connectivity index (χ3n) is 2.40. The van der Waals surface area contributed by atoms with Crippen molar-refractivity contribution < 1.29 is 4.52 Å². The lowest BCUT2D eigenvalue weighted by Crippen LogP contribution is -2.17. The average Bonchev–Trinajstić information content (AvgIpc) is 2.88. The van der Waals surface area contributed by atoms with Crippen LogP contribution in [0, 0.1) is 5.92 Å². The maximum absolute atomic E-state index is 5.93. The van der Waals surface area contributed by atoms with Crippen LogP contribution in [0.15, 0.2) is 22.0 Å². The number of aromatic nitrogens is 2. The van der Waals surface area contributed by atoms with Crippen molar-refractivity contribution in [3.63, 3.8) is 0 Å². The Balaban J connectivity index is 0.00000144. The highest BCUT2D eigenvalue weighted by atomic mass is 35.5. The quantitative estimate of drug-likeness (QED) is 0.930. The van der Waals surface area contributed by atoms with Crippen LogP contribution in [0.25, 0.3) is 0 Å². The molecule has 0 spiro atoms. The minimum absolute atomic E-state index is 0. The second-order valence-corrected chi connectivity index (χ2v) is 5.11. The van der Waals surface area contributed by atoms with Crippen LogP contribution in [-0.2, 0) is 6.42 Å². The second kappa shape index (κ2) is 6.14. The molecule has 2 N–H and O–H groups in total. The highest BCUT2D eigenvalue weighted by Gasteiger charge is 2.18. The molecule has 0 fully saturated rings. The molecule has 4 nitrogen and oxygen atoms in total. The lowest BCUT2D eigenvalue weighted by atomic mass is 10.1. The Morgan fingerprint density at radius 2 is 2.24 bits per heavy atom. The molecule has 1 atom stereocenters. The van der Waals surface area contributed by atoms with Crippen molar-refractivity contribution in [3.8, 4) is 0 Å². The van der Waals surface area contributed by atoms with Crippen LogP contribution < -0.4 is 5.73 Å². The van der Waals surface area contributed by atoms with Gasteiger partial charge in [0, 0.05) is 11.3 Å². The molecule has 0 aliphatic heterocycles. The molecule has 6 heteroatoms. The molecule has 2 aromatic heterocycles. The Kier molecular flexibility index (Phi) is 5.11. The third kappa shape index (κ3) is 3.52. The molecule has 0 amide bonds. The summed E-state index contributed by atoms with van der Waals surface area (Å²) in [7, 11) is 0. The molecular weight excluding hydrogens is 258 g/mol. The van der Waals surface area contributed by atoms with Gasteiger partial charge in [-0.25, -0.2) is 0 Å². The van der Waals surface area contributed by atoms with Crippen molar-refractivity contribution in [2.45, 2.75) is 26.3 Å². The summed E-state index contributed by atoms with van der Waals surface area (Å²) < 4.78 is 5.16. The highest BCUT2D eigenvalue weighted by Crippen LogP contribution is 2.18. The monoisotopic (exact) mass is 273 g/mol. The molecule has 2 rings (SSSR count). The van der Waals surface area contributed by atoms with E-state index >= 15 is 0 Å².